The third-order valence-corrected chi connectivity index (χ3v) is 3.69. The lowest BCUT2D eigenvalue weighted by atomic mass is 10.2. The SMILES string of the molecule is C=CC[NH+]1CCN(C(=O)[C@@H](C)Oc2ccc(F)cc2)CC1. The predicted molar refractivity (Wildman–Crippen MR) is 78.8 cm³/mol. The molecule has 1 fully saturated rings. The minimum absolute atomic E-state index is 0.0167. The van der Waals surface area contributed by atoms with E-state index in [0.29, 0.717) is 5.75 Å². The molecule has 1 atom stereocenters. The monoisotopic (exact) mass is 293 g/mol. The molecule has 0 saturated carbocycles. The molecule has 1 N–H and O–H groups in total. The molecule has 0 aliphatic carbocycles. The summed E-state index contributed by atoms with van der Waals surface area (Å²) in [6, 6.07) is 5.71. The number of piperazine rings is 1. The molecule has 5 heteroatoms. The van der Waals surface area contributed by atoms with Crippen LogP contribution in [0.1, 0.15) is 6.92 Å². The van der Waals surface area contributed by atoms with Gasteiger partial charge in [-0.3, -0.25) is 4.79 Å². The standard InChI is InChI=1S/C16H21FN2O2/c1-3-8-18-9-11-19(12-10-18)16(20)13(2)21-15-6-4-14(17)5-7-15/h3-7,13H,1,8-12H2,2H3/p+1/t13-/m1/s1. The Labute approximate surface area is 124 Å². The number of hydrogen-bond acceptors (Lipinski definition) is 2. The minimum Gasteiger partial charge on any atom is -0.481 e. The van der Waals surface area contributed by atoms with Crippen LogP contribution in [0.15, 0.2) is 36.9 Å². The average molecular weight is 293 g/mol. The van der Waals surface area contributed by atoms with Crippen LogP contribution in [0, 0.1) is 5.82 Å². The van der Waals surface area contributed by atoms with E-state index >= 15 is 0 Å². The topological polar surface area (TPSA) is 34.0 Å². The molecule has 114 valence electrons. The number of carbonyl (C=O) groups is 1. The second-order valence-corrected chi connectivity index (χ2v) is 5.28. The van der Waals surface area contributed by atoms with E-state index in [4.69, 9.17) is 4.74 Å². The van der Waals surface area contributed by atoms with Crippen molar-refractivity contribution in [1.29, 1.82) is 0 Å². The Hall–Kier alpha value is -1.88. The van der Waals surface area contributed by atoms with Crippen LogP contribution in [-0.2, 0) is 4.79 Å². The van der Waals surface area contributed by atoms with Gasteiger partial charge in [0.25, 0.3) is 5.91 Å². The summed E-state index contributed by atoms with van der Waals surface area (Å²) >= 11 is 0. The molecule has 2 rings (SSSR count). The van der Waals surface area contributed by atoms with Crippen molar-refractivity contribution in [2.45, 2.75) is 13.0 Å². The zero-order chi connectivity index (χ0) is 15.2. The van der Waals surface area contributed by atoms with Gasteiger partial charge in [-0.2, -0.15) is 0 Å². The Kier molecular flexibility index (Phi) is 5.33. The Bertz CT molecular complexity index is 482. The number of amides is 1. The molecule has 1 aliphatic rings. The van der Waals surface area contributed by atoms with Gasteiger partial charge in [-0.05, 0) is 37.3 Å². The first-order valence-electron chi connectivity index (χ1n) is 7.25. The number of nitrogens with zero attached hydrogens (tertiary/aromatic N) is 1. The van der Waals surface area contributed by atoms with Crippen molar-refractivity contribution in [3.63, 3.8) is 0 Å². The van der Waals surface area contributed by atoms with Crippen molar-refractivity contribution in [3.05, 3.63) is 42.7 Å². The number of nitrogens with one attached hydrogen (secondary N) is 1. The lowest BCUT2D eigenvalue weighted by molar-refractivity contribution is -0.898. The van der Waals surface area contributed by atoms with E-state index < -0.39 is 6.10 Å². The number of carbonyl (C=O) groups excluding carboxylic acids is 1. The van der Waals surface area contributed by atoms with Crippen LogP contribution in [0.4, 0.5) is 4.39 Å². The van der Waals surface area contributed by atoms with Gasteiger partial charge < -0.3 is 14.5 Å². The Morgan fingerprint density at radius 3 is 2.62 bits per heavy atom. The first-order chi connectivity index (χ1) is 10.1. The van der Waals surface area contributed by atoms with Gasteiger partial charge in [0.05, 0.1) is 32.7 Å². The summed E-state index contributed by atoms with van der Waals surface area (Å²) in [6.07, 6.45) is 1.35. The third kappa shape index (κ3) is 4.29. The highest BCUT2D eigenvalue weighted by molar-refractivity contribution is 5.81. The molecule has 1 saturated heterocycles. The molecule has 1 aliphatic heterocycles. The Morgan fingerprint density at radius 1 is 1.43 bits per heavy atom. The van der Waals surface area contributed by atoms with Gasteiger partial charge in [0, 0.05) is 0 Å². The van der Waals surface area contributed by atoms with Gasteiger partial charge in [-0.15, -0.1) is 0 Å². The summed E-state index contributed by atoms with van der Waals surface area (Å²) in [6.45, 7) is 9.74. The van der Waals surface area contributed by atoms with Crippen molar-refractivity contribution in [2.75, 3.05) is 32.7 Å². The zero-order valence-electron chi connectivity index (χ0n) is 12.3. The van der Waals surface area contributed by atoms with Crippen molar-refractivity contribution < 1.29 is 18.8 Å². The summed E-state index contributed by atoms with van der Waals surface area (Å²) < 4.78 is 18.4. The lowest BCUT2D eigenvalue weighted by Gasteiger charge is -2.33. The van der Waals surface area contributed by atoms with Crippen molar-refractivity contribution in [2.24, 2.45) is 0 Å². The number of halogens is 1. The normalized spacial score (nSPS) is 17.3. The predicted octanol–water partition coefficient (Wildman–Crippen LogP) is 0.506. The average Bonchev–Trinajstić information content (AvgIpc) is 2.50. The maximum atomic E-state index is 12.8. The van der Waals surface area contributed by atoms with Crippen LogP contribution in [0.25, 0.3) is 0 Å². The molecule has 1 heterocycles. The summed E-state index contributed by atoms with van der Waals surface area (Å²) in [4.78, 5) is 15.6. The highest BCUT2D eigenvalue weighted by Gasteiger charge is 2.27. The molecule has 1 aromatic rings. The number of ether oxygens (including phenoxy) is 1. The van der Waals surface area contributed by atoms with Gasteiger partial charge in [-0.1, -0.05) is 6.58 Å². The minimum atomic E-state index is -0.559. The van der Waals surface area contributed by atoms with Crippen LogP contribution in [0.3, 0.4) is 0 Å². The van der Waals surface area contributed by atoms with Crippen LogP contribution in [-0.4, -0.2) is 49.6 Å². The Morgan fingerprint density at radius 2 is 2.05 bits per heavy atom. The number of quaternary nitrogens is 1. The van der Waals surface area contributed by atoms with Crippen molar-refractivity contribution in [3.8, 4) is 5.75 Å². The van der Waals surface area contributed by atoms with E-state index in [1.807, 2.05) is 11.0 Å². The van der Waals surface area contributed by atoms with Crippen LogP contribution < -0.4 is 9.64 Å². The smallest absolute Gasteiger partial charge is 0.263 e. The molecule has 0 radical (unpaired) electrons. The fourth-order valence-electron chi connectivity index (χ4n) is 2.48. The quantitative estimate of drug-likeness (QED) is 0.803. The molecule has 0 unspecified atom stereocenters. The first-order valence-corrected chi connectivity index (χ1v) is 7.25. The zero-order valence-corrected chi connectivity index (χ0v) is 12.3. The molecule has 0 spiro atoms. The van der Waals surface area contributed by atoms with E-state index in [2.05, 4.69) is 6.58 Å². The maximum Gasteiger partial charge on any atom is 0.263 e. The van der Waals surface area contributed by atoms with Crippen LogP contribution in [0.2, 0.25) is 0 Å². The van der Waals surface area contributed by atoms with Crippen molar-refractivity contribution >= 4 is 5.91 Å². The van der Waals surface area contributed by atoms with Crippen molar-refractivity contribution in [1.82, 2.24) is 4.90 Å². The largest absolute Gasteiger partial charge is 0.481 e. The van der Waals surface area contributed by atoms with Crippen LogP contribution >= 0.6 is 0 Å². The van der Waals surface area contributed by atoms with E-state index in [1.54, 1.807) is 6.92 Å². The fraction of sp³-hybridized carbons (Fsp3) is 0.438. The van der Waals surface area contributed by atoms with Gasteiger partial charge in [-0.25, -0.2) is 4.39 Å². The molecule has 21 heavy (non-hydrogen) atoms. The summed E-state index contributed by atoms with van der Waals surface area (Å²) in [7, 11) is 0. The Balaban J connectivity index is 1.85. The lowest BCUT2D eigenvalue weighted by Crippen LogP contribution is -3.14. The molecule has 1 aromatic carbocycles. The second-order valence-electron chi connectivity index (χ2n) is 5.28. The van der Waals surface area contributed by atoms with Gasteiger partial charge in [0.1, 0.15) is 11.6 Å². The highest BCUT2D eigenvalue weighted by Crippen LogP contribution is 2.14. The second kappa shape index (κ2) is 7.22. The summed E-state index contributed by atoms with van der Waals surface area (Å²) in [5.41, 5.74) is 0. The van der Waals surface area contributed by atoms with Gasteiger partial charge in [0.2, 0.25) is 0 Å². The fourth-order valence-corrected chi connectivity index (χ4v) is 2.48. The molecular formula is C16H22FN2O2+. The van der Waals surface area contributed by atoms with Gasteiger partial charge >= 0.3 is 0 Å². The van der Waals surface area contributed by atoms with E-state index in [1.165, 1.54) is 29.2 Å². The number of hydrogen-bond donors (Lipinski definition) is 1. The highest BCUT2D eigenvalue weighted by atomic mass is 19.1. The van der Waals surface area contributed by atoms with Crippen LogP contribution in [0.5, 0.6) is 5.75 Å². The third-order valence-electron chi connectivity index (χ3n) is 3.69. The van der Waals surface area contributed by atoms with E-state index in [9.17, 15) is 9.18 Å². The maximum absolute atomic E-state index is 12.8. The number of rotatable bonds is 5. The summed E-state index contributed by atoms with van der Waals surface area (Å²) in [5.74, 6) is 0.174. The molecule has 1 amide bonds. The first kappa shape index (κ1) is 15.5. The van der Waals surface area contributed by atoms with Gasteiger partial charge in [0.15, 0.2) is 6.10 Å². The summed E-state index contributed by atoms with van der Waals surface area (Å²) in [5, 5.41) is 0. The van der Waals surface area contributed by atoms with E-state index in [-0.39, 0.29) is 11.7 Å². The molecular weight excluding hydrogens is 271 g/mol. The molecule has 4 nitrogen and oxygen atoms in total. The number of benzene rings is 1. The molecule has 0 aromatic heterocycles. The van der Waals surface area contributed by atoms with E-state index in [0.717, 1.165) is 32.7 Å². The molecule has 0 bridgehead atoms.